The van der Waals surface area contributed by atoms with Crippen molar-refractivity contribution in [2.45, 2.75) is 39.3 Å². The van der Waals surface area contributed by atoms with Gasteiger partial charge in [-0.05, 0) is 39.8 Å². The standard InChI is InChI=1S/C19H26ClN5O3/c1-12(24(18(27)28)19(2,3)4)16-22-14-7-5-6-13(20)15(14)17(26)25(16)23-10-8-21-9-11-23/h5-7,12,21H,8-11H2,1-4H3,(H,27,28). The van der Waals surface area contributed by atoms with Crippen LogP contribution in [0.25, 0.3) is 10.9 Å². The van der Waals surface area contributed by atoms with Crippen LogP contribution in [0.2, 0.25) is 5.02 Å². The van der Waals surface area contributed by atoms with Gasteiger partial charge in [-0.25, -0.2) is 14.5 Å². The number of nitrogens with zero attached hydrogens (tertiary/aromatic N) is 4. The van der Waals surface area contributed by atoms with Crippen LogP contribution in [0, 0.1) is 0 Å². The van der Waals surface area contributed by atoms with Gasteiger partial charge in [0.1, 0.15) is 0 Å². The fourth-order valence-corrected chi connectivity index (χ4v) is 3.99. The Bertz CT molecular complexity index is 947. The van der Waals surface area contributed by atoms with E-state index in [1.54, 1.807) is 25.1 Å². The molecular weight excluding hydrogens is 382 g/mol. The molecule has 0 radical (unpaired) electrons. The van der Waals surface area contributed by atoms with E-state index >= 15 is 0 Å². The smallest absolute Gasteiger partial charge is 0.408 e. The third kappa shape index (κ3) is 3.66. The number of carboxylic acid groups (broad SMARTS) is 1. The number of fused-ring (bicyclic) bond motifs is 1. The number of hydrogen-bond donors (Lipinski definition) is 2. The highest BCUT2D eigenvalue weighted by Crippen LogP contribution is 2.28. The van der Waals surface area contributed by atoms with E-state index in [1.165, 1.54) is 9.58 Å². The van der Waals surface area contributed by atoms with E-state index in [0.29, 0.717) is 34.8 Å². The van der Waals surface area contributed by atoms with Gasteiger partial charge in [0.2, 0.25) is 0 Å². The molecule has 1 aromatic heterocycles. The maximum atomic E-state index is 13.4. The molecule has 0 bridgehead atoms. The van der Waals surface area contributed by atoms with E-state index < -0.39 is 17.7 Å². The lowest BCUT2D eigenvalue weighted by Crippen LogP contribution is -2.55. The van der Waals surface area contributed by atoms with Crippen molar-refractivity contribution < 1.29 is 9.90 Å². The Kier molecular flexibility index (Phi) is 5.54. The Labute approximate surface area is 168 Å². The molecule has 3 rings (SSSR count). The summed E-state index contributed by atoms with van der Waals surface area (Å²) in [5.41, 5.74) is -0.482. The number of benzene rings is 1. The van der Waals surface area contributed by atoms with Gasteiger partial charge in [0.25, 0.3) is 5.56 Å². The molecule has 0 spiro atoms. The SMILES string of the molecule is CC(c1nc2cccc(Cl)c2c(=O)n1N1CCNCC1)N(C(=O)O)C(C)(C)C. The zero-order chi connectivity index (χ0) is 20.6. The molecular formula is C19H26ClN5O3. The third-order valence-corrected chi connectivity index (χ3v) is 5.23. The first-order chi connectivity index (χ1) is 13.1. The Morgan fingerprint density at radius 1 is 1.32 bits per heavy atom. The Balaban J connectivity index is 2.28. The fraction of sp³-hybridized carbons (Fsp3) is 0.526. The predicted molar refractivity (Wildman–Crippen MR) is 110 cm³/mol. The number of carbonyl (C=O) groups is 1. The molecule has 1 aromatic carbocycles. The van der Waals surface area contributed by atoms with Crippen molar-refractivity contribution in [1.29, 1.82) is 0 Å². The van der Waals surface area contributed by atoms with Crippen molar-refractivity contribution in [1.82, 2.24) is 19.9 Å². The van der Waals surface area contributed by atoms with Gasteiger partial charge in [-0.3, -0.25) is 9.69 Å². The van der Waals surface area contributed by atoms with Crippen LogP contribution >= 0.6 is 11.6 Å². The number of piperazine rings is 1. The first-order valence-corrected chi connectivity index (χ1v) is 9.70. The number of rotatable bonds is 3. The van der Waals surface area contributed by atoms with Crippen LogP contribution in [-0.4, -0.2) is 57.5 Å². The molecule has 1 unspecified atom stereocenters. The van der Waals surface area contributed by atoms with Gasteiger partial charge in [-0.2, -0.15) is 0 Å². The summed E-state index contributed by atoms with van der Waals surface area (Å²) < 4.78 is 1.52. The molecule has 1 saturated heterocycles. The molecule has 2 heterocycles. The molecule has 2 N–H and O–H groups in total. The zero-order valence-corrected chi connectivity index (χ0v) is 17.3. The minimum Gasteiger partial charge on any atom is -0.465 e. The summed E-state index contributed by atoms with van der Waals surface area (Å²) in [4.78, 5) is 31.5. The average molecular weight is 408 g/mol. The number of amides is 1. The molecule has 1 atom stereocenters. The summed E-state index contributed by atoms with van der Waals surface area (Å²) in [6.45, 7) is 9.90. The number of hydrogen-bond acceptors (Lipinski definition) is 5. The van der Waals surface area contributed by atoms with Crippen LogP contribution in [0.4, 0.5) is 4.79 Å². The van der Waals surface area contributed by atoms with E-state index in [4.69, 9.17) is 16.6 Å². The molecule has 0 aliphatic carbocycles. The first kappa shape index (κ1) is 20.4. The first-order valence-electron chi connectivity index (χ1n) is 9.32. The quantitative estimate of drug-likeness (QED) is 0.812. The summed E-state index contributed by atoms with van der Waals surface area (Å²) in [5.74, 6) is 0.388. The highest BCUT2D eigenvalue weighted by atomic mass is 35.5. The molecule has 1 fully saturated rings. The topological polar surface area (TPSA) is 90.7 Å². The van der Waals surface area contributed by atoms with Crippen LogP contribution in [-0.2, 0) is 0 Å². The minimum absolute atomic E-state index is 0.279. The van der Waals surface area contributed by atoms with Crippen molar-refractivity contribution in [2.24, 2.45) is 0 Å². The third-order valence-electron chi connectivity index (χ3n) is 4.92. The van der Waals surface area contributed by atoms with Crippen LogP contribution in [0.1, 0.15) is 39.6 Å². The summed E-state index contributed by atoms with van der Waals surface area (Å²) in [5, 5.41) is 15.7. The van der Waals surface area contributed by atoms with Gasteiger partial charge in [-0.1, -0.05) is 17.7 Å². The second kappa shape index (κ2) is 7.60. The van der Waals surface area contributed by atoms with Crippen LogP contribution in [0.5, 0.6) is 0 Å². The molecule has 9 heteroatoms. The van der Waals surface area contributed by atoms with Gasteiger partial charge >= 0.3 is 6.09 Å². The molecule has 0 saturated carbocycles. The maximum absolute atomic E-state index is 13.4. The lowest BCUT2D eigenvalue weighted by molar-refractivity contribution is 0.0709. The highest BCUT2D eigenvalue weighted by Gasteiger charge is 2.35. The van der Waals surface area contributed by atoms with Crippen molar-refractivity contribution in [3.05, 3.63) is 39.4 Å². The maximum Gasteiger partial charge on any atom is 0.408 e. The van der Waals surface area contributed by atoms with Gasteiger partial charge in [-0.15, -0.1) is 0 Å². The minimum atomic E-state index is -1.06. The average Bonchev–Trinajstić information content (AvgIpc) is 2.60. The molecule has 2 aromatic rings. The summed E-state index contributed by atoms with van der Waals surface area (Å²) in [7, 11) is 0. The largest absolute Gasteiger partial charge is 0.465 e. The lowest BCUT2D eigenvalue weighted by atomic mass is 10.0. The summed E-state index contributed by atoms with van der Waals surface area (Å²) >= 11 is 6.30. The second-order valence-electron chi connectivity index (χ2n) is 7.92. The molecule has 1 aliphatic rings. The number of aromatic nitrogens is 2. The number of nitrogens with one attached hydrogen (secondary N) is 1. The lowest BCUT2D eigenvalue weighted by Gasteiger charge is -2.40. The highest BCUT2D eigenvalue weighted by molar-refractivity contribution is 6.35. The van der Waals surface area contributed by atoms with Crippen molar-refractivity contribution in [3.63, 3.8) is 0 Å². The Morgan fingerprint density at radius 3 is 2.54 bits per heavy atom. The monoisotopic (exact) mass is 407 g/mol. The van der Waals surface area contributed by atoms with Gasteiger partial charge in [0, 0.05) is 31.7 Å². The molecule has 1 aliphatic heterocycles. The second-order valence-corrected chi connectivity index (χ2v) is 8.33. The van der Waals surface area contributed by atoms with Gasteiger partial charge in [0.15, 0.2) is 5.82 Å². The van der Waals surface area contributed by atoms with E-state index in [1.807, 2.05) is 25.8 Å². The zero-order valence-electron chi connectivity index (χ0n) is 16.6. The molecule has 1 amide bonds. The van der Waals surface area contributed by atoms with Gasteiger partial charge < -0.3 is 15.4 Å². The predicted octanol–water partition coefficient (Wildman–Crippen LogP) is 2.43. The molecule has 152 valence electrons. The van der Waals surface area contributed by atoms with Crippen LogP contribution in [0.3, 0.4) is 0 Å². The Hall–Kier alpha value is -2.32. The van der Waals surface area contributed by atoms with E-state index in [0.717, 1.165) is 13.1 Å². The summed E-state index contributed by atoms with van der Waals surface area (Å²) in [6.07, 6.45) is -1.06. The van der Waals surface area contributed by atoms with Crippen LogP contribution < -0.4 is 15.9 Å². The molecule has 28 heavy (non-hydrogen) atoms. The van der Waals surface area contributed by atoms with Crippen molar-refractivity contribution in [3.8, 4) is 0 Å². The normalized spacial score (nSPS) is 16.2. The molecule has 8 nitrogen and oxygen atoms in total. The van der Waals surface area contributed by atoms with Gasteiger partial charge in [0.05, 0.1) is 22.0 Å². The summed E-state index contributed by atoms with van der Waals surface area (Å²) in [6, 6.07) is 4.49. The van der Waals surface area contributed by atoms with Crippen molar-refractivity contribution in [2.75, 3.05) is 31.2 Å². The van der Waals surface area contributed by atoms with E-state index in [-0.39, 0.29) is 5.56 Å². The Morgan fingerprint density at radius 2 is 1.96 bits per heavy atom. The number of halogens is 1. The van der Waals surface area contributed by atoms with E-state index in [2.05, 4.69) is 5.32 Å². The van der Waals surface area contributed by atoms with Crippen molar-refractivity contribution >= 4 is 28.6 Å². The fourth-order valence-electron chi connectivity index (χ4n) is 3.74. The van der Waals surface area contributed by atoms with Crippen LogP contribution in [0.15, 0.2) is 23.0 Å². The van der Waals surface area contributed by atoms with E-state index in [9.17, 15) is 14.7 Å².